The van der Waals surface area contributed by atoms with Gasteiger partial charge in [0, 0.05) is 24.5 Å². The van der Waals surface area contributed by atoms with Crippen molar-refractivity contribution in [3.8, 4) is 0 Å². The third-order valence-corrected chi connectivity index (χ3v) is 3.46. The Morgan fingerprint density at radius 1 is 1.38 bits per heavy atom. The number of aliphatic hydroxyl groups is 1. The van der Waals surface area contributed by atoms with E-state index in [-0.39, 0.29) is 12.1 Å². The molecule has 0 aliphatic carbocycles. The van der Waals surface area contributed by atoms with E-state index in [0.29, 0.717) is 0 Å². The molecule has 0 aromatic carbocycles. The van der Waals surface area contributed by atoms with Gasteiger partial charge in [-0.25, -0.2) is 0 Å². The molecule has 3 nitrogen and oxygen atoms in total. The molecule has 0 saturated heterocycles. The van der Waals surface area contributed by atoms with Gasteiger partial charge >= 0.3 is 0 Å². The van der Waals surface area contributed by atoms with Gasteiger partial charge in [0.15, 0.2) is 0 Å². The molecule has 2 N–H and O–H groups in total. The van der Waals surface area contributed by atoms with Gasteiger partial charge in [0.25, 0.3) is 0 Å². The molecule has 0 unspecified atom stereocenters. The second-order valence-corrected chi connectivity index (χ2v) is 4.30. The summed E-state index contributed by atoms with van der Waals surface area (Å²) >= 11 is 0. The van der Waals surface area contributed by atoms with E-state index < -0.39 is 0 Å². The standard InChI is InChI=1S/C13H22N2O/c1-4-13(5-2,10-16)15-9-12-8-14-7-6-11(12)3/h6-8,15-16H,4-5,9-10H2,1-3H3. The number of hydrogen-bond donors (Lipinski definition) is 2. The Hall–Kier alpha value is -0.930. The van der Waals surface area contributed by atoms with Crippen LogP contribution in [0.5, 0.6) is 0 Å². The topological polar surface area (TPSA) is 45.1 Å². The summed E-state index contributed by atoms with van der Waals surface area (Å²) in [6.07, 6.45) is 5.55. The van der Waals surface area contributed by atoms with Crippen molar-refractivity contribution in [2.75, 3.05) is 6.61 Å². The quantitative estimate of drug-likeness (QED) is 0.774. The number of nitrogens with one attached hydrogen (secondary N) is 1. The molecule has 0 atom stereocenters. The molecule has 90 valence electrons. The number of pyridine rings is 1. The van der Waals surface area contributed by atoms with Crippen LogP contribution in [0.4, 0.5) is 0 Å². The van der Waals surface area contributed by atoms with Crippen LogP contribution in [0.1, 0.15) is 37.8 Å². The fourth-order valence-electron chi connectivity index (χ4n) is 1.74. The van der Waals surface area contributed by atoms with Crippen LogP contribution in [-0.2, 0) is 6.54 Å². The van der Waals surface area contributed by atoms with Crippen molar-refractivity contribution in [2.24, 2.45) is 0 Å². The number of rotatable bonds is 6. The predicted octanol–water partition coefficient (Wildman–Crippen LogP) is 2.03. The molecule has 0 amide bonds. The normalized spacial score (nSPS) is 11.8. The Morgan fingerprint density at radius 3 is 2.56 bits per heavy atom. The van der Waals surface area contributed by atoms with Crippen LogP contribution >= 0.6 is 0 Å². The minimum atomic E-state index is -0.151. The average Bonchev–Trinajstić information content (AvgIpc) is 2.34. The van der Waals surface area contributed by atoms with Crippen molar-refractivity contribution < 1.29 is 5.11 Å². The van der Waals surface area contributed by atoms with Gasteiger partial charge in [-0.05, 0) is 37.0 Å². The molecular weight excluding hydrogens is 200 g/mol. The number of hydrogen-bond acceptors (Lipinski definition) is 3. The van der Waals surface area contributed by atoms with Gasteiger partial charge in [-0.15, -0.1) is 0 Å². The number of aryl methyl sites for hydroxylation is 1. The largest absolute Gasteiger partial charge is 0.394 e. The highest BCUT2D eigenvalue weighted by Crippen LogP contribution is 2.15. The summed E-state index contributed by atoms with van der Waals surface area (Å²) in [6.45, 7) is 7.23. The molecule has 1 aromatic rings. The van der Waals surface area contributed by atoms with Gasteiger partial charge in [0.05, 0.1) is 6.61 Å². The van der Waals surface area contributed by atoms with E-state index in [9.17, 15) is 5.11 Å². The van der Waals surface area contributed by atoms with Crippen molar-refractivity contribution in [3.05, 3.63) is 29.6 Å². The van der Waals surface area contributed by atoms with Gasteiger partial charge in [-0.1, -0.05) is 13.8 Å². The summed E-state index contributed by atoms with van der Waals surface area (Å²) in [6, 6.07) is 2.01. The molecule has 0 spiro atoms. The molecule has 1 heterocycles. The second-order valence-electron chi connectivity index (χ2n) is 4.30. The maximum atomic E-state index is 9.45. The lowest BCUT2D eigenvalue weighted by molar-refractivity contribution is 0.149. The van der Waals surface area contributed by atoms with E-state index in [2.05, 4.69) is 31.1 Å². The van der Waals surface area contributed by atoms with Gasteiger partial charge in [0.2, 0.25) is 0 Å². The molecule has 16 heavy (non-hydrogen) atoms. The van der Waals surface area contributed by atoms with E-state index in [1.54, 1.807) is 6.20 Å². The zero-order valence-corrected chi connectivity index (χ0v) is 10.5. The van der Waals surface area contributed by atoms with E-state index in [1.165, 1.54) is 11.1 Å². The van der Waals surface area contributed by atoms with E-state index >= 15 is 0 Å². The van der Waals surface area contributed by atoms with Crippen LogP contribution in [0.25, 0.3) is 0 Å². The SMILES string of the molecule is CCC(CC)(CO)NCc1cnccc1C. The van der Waals surface area contributed by atoms with Crippen LogP contribution < -0.4 is 5.32 Å². The third kappa shape index (κ3) is 3.03. The van der Waals surface area contributed by atoms with Gasteiger partial charge in [-0.2, -0.15) is 0 Å². The highest BCUT2D eigenvalue weighted by Gasteiger charge is 2.24. The molecule has 0 aliphatic heterocycles. The number of aromatic nitrogens is 1. The summed E-state index contributed by atoms with van der Waals surface area (Å²) < 4.78 is 0. The van der Waals surface area contributed by atoms with Gasteiger partial charge in [-0.3, -0.25) is 4.98 Å². The Morgan fingerprint density at radius 2 is 2.06 bits per heavy atom. The summed E-state index contributed by atoms with van der Waals surface area (Å²) in [7, 11) is 0. The first-order valence-corrected chi connectivity index (χ1v) is 5.93. The summed E-state index contributed by atoms with van der Waals surface area (Å²) in [5.41, 5.74) is 2.28. The smallest absolute Gasteiger partial charge is 0.0613 e. The lowest BCUT2D eigenvalue weighted by atomic mass is 9.93. The third-order valence-electron chi connectivity index (χ3n) is 3.46. The fraction of sp³-hybridized carbons (Fsp3) is 0.615. The summed E-state index contributed by atoms with van der Waals surface area (Å²) in [5, 5.41) is 12.9. The highest BCUT2D eigenvalue weighted by atomic mass is 16.3. The summed E-state index contributed by atoms with van der Waals surface area (Å²) in [5.74, 6) is 0. The van der Waals surface area contributed by atoms with Crippen molar-refractivity contribution in [2.45, 2.75) is 45.7 Å². The van der Waals surface area contributed by atoms with Crippen molar-refractivity contribution >= 4 is 0 Å². The Kier molecular flexibility index (Phi) is 4.90. The van der Waals surface area contributed by atoms with Gasteiger partial charge in [0.1, 0.15) is 0 Å². The number of nitrogens with zero attached hydrogens (tertiary/aromatic N) is 1. The predicted molar refractivity (Wildman–Crippen MR) is 66.2 cm³/mol. The molecule has 0 bridgehead atoms. The van der Waals surface area contributed by atoms with E-state index in [1.807, 2.05) is 12.3 Å². The van der Waals surface area contributed by atoms with Gasteiger partial charge < -0.3 is 10.4 Å². The molecule has 0 aliphatic rings. The maximum absolute atomic E-state index is 9.45. The first kappa shape index (κ1) is 13.1. The van der Waals surface area contributed by atoms with E-state index in [4.69, 9.17) is 0 Å². The van der Waals surface area contributed by atoms with Crippen LogP contribution in [0.2, 0.25) is 0 Å². The number of aliphatic hydroxyl groups excluding tert-OH is 1. The molecule has 1 aromatic heterocycles. The summed E-state index contributed by atoms with van der Waals surface area (Å²) in [4.78, 5) is 4.12. The maximum Gasteiger partial charge on any atom is 0.0613 e. The first-order chi connectivity index (χ1) is 7.67. The zero-order valence-electron chi connectivity index (χ0n) is 10.5. The Bertz CT molecular complexity index is 313. The average molecular weight is 222 g/mol. The molecule has 0 radical (unpaired) electrons. The molecular formula is C13H22N2O. The minimum Gasteiger partial charge on any atom is -0.394 e. The molecule has 0 fully saturated rings. The van der Waals surface area contributed by atoms with Crippen molar-refractivity contribution in [1.29, 1.82) is 0 Å². The van der Waals surface area contributed by atoms with Crippen molar-refractivity contribution in [3.63, 3.8) is 0 Å². The van der Waals surface area contributed by atoms with Crippen LogP contribution in [-0.4, -0.2) is 22.2 Å². The van der Waals surface area contributed by atoms with Crippen LogP contribution in [0.3, 0.4) is 0 Å². The van der Waals surface area contributed by atoms with Crippen LogP contribution in [0.15, 0.2) is 18.5 Å². The Labute approximate surface area is 97.9 Å². The minimum absolute atomic E-state index is 0.151. The highest BCUT2D eigenvalue weighted by molar-refractivity contribution is 5.21. The monoisotopic (exact) mass is 222 g/mol. The van der Waals surface area contributed by atoms with Crippen LogP contribution in [0, 0.1) is 6.92 Å². The lowest BCUT2D eigenvalue weighted by Crippen LogP contribution is -2.47. The first-order valence-electron chi connectivity index (χ1n) is 5.93. The zero-order chi connectivity index (χ0) is 12.0. The second kappa shape index (κ2) is 5.97. The Balaban J connectivity index is 2.66. The molecule has 1 rings (SSSR count). The van der Waals surface area contributed by atoms with E-state index in [0.717, 1.165) is 19.4 Å². The fourth-order valence-corrected chi connectivity index (χ4v) is 1.74. The lowest BCUT2D eigenvalue weighted by Gasteiger charge is -2.31. The molecule has 0 saturated carbocycles. The van der Waals surface area contributed by atoms with Crippen molar-refractivity contribution in [1.82, 2.24) is 10.3 Å². The molecule has 3 heteroatoms.